The Balaban J connectivity index is 1.45. The van der Waals surface area contributed by atoms with E-state index in [4.69, 9.17) is 4.74 Å². The molecule has 11 heteroatoms. The highest BCUT2D eigenvalue weighted by atomic mass is 32.2. The predicted octanol–water partition coefficient (Wildman–Crippen LogP) is 2.60. The summed E-state index contributed by atoms with van der Waals surface area (Å²) >= 11 is 0. The van der Waals surface area contributed by atoms with E-state index in [1.165, 1.54) is 0 Å². The number of anilines is 1. The standard InChI is InChI=1S/C18H17N7O3S/c1-12-18(13(2)21-20-12)29(26,27)24-14-3-5-15(6-4-14)28-17-8-7-16(22-23-17)25-10-9-19-11-25/h3-11,24H,1-2H3,(H,20,21). The van der Waals surface area contributed by atoms with Crippen LogP contribution in [0.1, 0.15) is 11.4 Å². The number of aryl methyl sites for hydroxylation is 2. The number of nitrogens with one attached hydrogen (secondary N) is 2. The van der Waals surface area contributed by atoms with Crippen LogP contribution in [0.15, 0.2) is 60.0 Å². The first-order chi connectivity index (χ1) is 13.9. The zero-order valence-electron chi connectivity index (χ0n) is 15.6. The molecule has 0 atom stereocenters. The number of aromatic nitrogens is 6. The highest BCUT2D eigenvalue weighted by molar-refractivity contribution is 7.92. The number of hydrogen-bond acceptors (Lipinski definition) is 7. The van der Waals surface area contributed by atoms with E-state index in [1.54, 1.807) is 73.5 Å². The van der Waals surface area contributed by atoms with Crippen molar-refractivity contribution in [2.45, 2.75) is 18.7 Å². The van der Waals surface area contributed by atoms with E-state index < -0.39 is 10.0 Å². The van der Waals surface area contributed by atoms with E-state index in [9.17, 15) is 8.42 Å². The molecule has 2 N–H and O–H groups in total. The number of ether oxygens (including phenoxy) is 1. The van der Waals surface area contributed by atoms with Crippen molar-refractivity contribution in [2.24, 2.45) is 0 Å². The Morgan fingerprint density at radius 2 is 1.86 bits per heavy atom. The fourth-order valence-electron chi connectivity index (χ4n) is 2.75. The topological polar surface area (TPSA) is 128 Å². The Morgan fingerprint density at radius 1 is 1.07 bits per heavy atom. The lowest BCUT2D eigenvalue weighted by Gasteiger charge is -2.09. The lowest BCUT2D eigenvalue weighted by Crippen LogP contribution is -2.14. The summed E-state index contributed by atoms with van der Waals surface area (Å²) in [7, 11) is -3.74. The summed E-state index contributed by atoms with van der Waals surface area (Å²) in [5, 5.41) is 14.7. The number of rotatable bonds is 6. The van der Waals surface area contributed by atoms with Crippen LogP contribution in [0.25, 0.3) is 5.82 Å². The number of nitrogens with zero attached hydrogens (tertiary/aromatic N) is 5. The minimum Gasteiger partial charge on any atom is -0.438 e. The van der Waals surface area contributed by atoms with Crippen molar-refractivity contribution in [3.05, 3.63) is 66.5 Å². The predicted molar refractivity (Wildman–Crippen MR) is 105 cm³/mol. The average molecular weight is 411 g/mol. The Bertz CT molecular complexity index is 1200. The highest BCUT2D eigenvalue weighted by Crippen LogP contribution is 2.24. The number of benzene rings is 1. The van der Waals surface area contributed by atoms with Gasteiger partial charge >= 0.3 is 0 Å². The third-order valence-electron chi connectivity index (χ3n) is 4.05. The van der Waals surface area contributed by atoms with Crippen LogP contribution in [0.4, 0.5) is 5.69 Å². The maximum atomic E-state index is 12.6. The Hall–Kier alpha value is -3.73. The molecular formula is C18H17N7O3S. The molecule has 0 saturated carbocycles. The van der Waals surface area contributed by atoms with Gasteiger partial charge in [-0.05, 0) is 44.2 Å². The van der Waals surface area contributed by atoms with Crippen molar-refractivity contribution in [2.75, 3.05) is 4.72 Å². The molecule has 0 unspecified atom stereocenters. The molecule has 3 heterocycles. The van der Waals surface area contributed by atoms with Gasteiger partial charge in [0.2, 0.25) is 5.88 Å². The molecule has 0 spiro atoms. The van der Waals surface area contributed by atoms with Gasteiger partial charge in [-0.25, -0.2) is 13.4 Å². The van der Waals surface area contributed by atoms with Crippen molar-refractivity contribution >= 4 is 15.7 Å². The Morgan fingerprint density at radius 3 is 2.45 bits per heavy atom. The van der Waals surface area contributed by atoms with Gasteiger partial charge in [0, 0.05) is 24.1 Å². The molecule has 148 valence electrons. The molecule has 0 fully saturated rings. The van der Waals surface area contributed by atoms with Crippen LogP contribution in [0, 0.1) is 13.8 Å². The Labute approximate surface area is 166 Å². The number of H-pyrrole nitrogens is 1. The normalized spacial score (nSPS) is 11.4. The maximum absolute atomic E-state index is 12.6. The van der Waals surface area contributed by atoms with Gasteiger partial charge in [-0.15, -0.1) is 10.2 Å². The van der Waals surface area contributed by atoms with Crippen LogP contribution in [0.5, 0.6) is 11.6 Å². The first-order valence-electron chi connectivity index (χ1n) is 8.57. The van der Waals surface area contributed by atoms with E-state index in [0.717, 1.165) is 0 Å². The van der Waals surface area contributed by atoms with Gasteiger partial charge in [-0.2, -0.15) is 5.10 Å². The highest BCUT2D eigenvalue weighted by Gasteiger charge is 2.22. The molecule has 4 aromatic rings. The van der Waals surface area contributed by atoms with Crippen LogP contribution in [-0.2, 0) is 10.0 Å². The van der Waals surface area contributed by atoms with Gasteiger partial charge in [0.15, 0.2) is 5.82 Å². The van der Waals surface area contributed by atoms with Crippen molar-refractivity contribution < 1.29 is 13.2 Å². The average Bonchev–Trinajstić information content (AvgIpc) is 3.34. The lowest BCUT2D eigenvalue weighted by molar-refractivity contribution is 0.454. The minimum atomic E-state index is -3.74. The van der Waals surface area contributed by atoms with Crippen LogP contribution < -0.4 is 9.46 Å². The van der Waals surface area contributed by atoms with Crippen LogP contribution in [-0.4, -0.2) is 38.4 Å². The molecule has 0 amide bonds. The van der Waals surface area contributed by atoms with Crippen molar-refractivity contribution in [3.63, 3.8) is 0 Å². The van der Waals surface area contributed by atoms with Crippen LogP contribution in [0.2, 0.25) is 0 Å². The van der Waals surface area contributed by atoms with Crippen LogP contribution >= 0.6 is 0 Å². The first-order valence-corrected chi connectivity index (χ1v) is 10.0. The van der Waals surface area contributed by atoms with E-state index in [2.05, 4.69) is 30.1 Å². The smallest absolute Gasteiger partial charge is 0.265 e. The van der Waals surface area contributed by atoms with Crippen molar-refractivity contribution in [3.8, 4) is 17.4 Å². The maximum Gasteiger partial charge on any atom is 0.265 e. The molecule has 1 aromatic carbocycles. The molecule has 0 aliphatic rings. The summed E-state index contributed by atoms with van der Waals surface area (Å²) in [6.07, 6.45) is 5.03. The number of sulfonamides is 1. The fourth-order valence-corrected chi connectivity index (χ4v) is 4.19. The first kappa shape index (κ1) is 18.6. The number of imidazole rings is 1. The third-order valence-corrected chi connectivity index (χ3v) is 5.70. The van der Waals surface area contributed by atoms with E-state index in [1.807, 2.05) is 0 Å². The molecule has 0 radical (unpaired) electrons. The van der Waals surface area contributed by atoms with Gasteiger partial charge in [0.1, 0.15) is 17.0 Å². The molecule has 0 aliphatic heterocycles. The third kappa shape index (κ3) is 3.94. The second kappa shape index (κ2) is 7.36. The van der Waals surface area contributed by atoms with Gasteiger partial charge < -0.3 is 4.74 Å². The lowest BCUT2D eigenvalue weighted by atomic mass is 10.3. The fraction of sp³-hybridized carbons (Fsp3) is 0.111. The summed E-state index contributed by atoms with van der Waals surface area (Å²) in [4.78, 5) is 4.10. The number of hydrogen-bond donors (Lipinski definition) is 2. The van der Waals surface area contributed by atoms with Gasteiger partial charge in [-0.3, -0.25) is 14.4 Å². The summed E-state index contributed by atoms with van der Waals surface area (Å²) in [6.45, 7) is 3.29. The molecule has 10 nitrogen and oxygen atoms in total. The summed E-state index contributed by atoms with van der Waals surface area (Å²) < 4.78 is 35.1. The van der Waals surface area contributed by atoms with Crippen LogP contribution in [0.3, 0.4) is 0 Å². The van der Waals surface area contributed by atoms with Crippen molar-refractivity contribution in [1.82, 2.24) is 29.9 Å². The second-order valence-corrected chi connectivity index (χ2v) is 7.81. The van der Waals surface area contributed by atoms with E-state index in [-0.39, 0.29) is 4.90 Å². The zero-order valence-corrected chi connectivity index (χ0v) is 16.4. The summed E-state index contributed by atoms with van der Waals surface area (Å²) in [5.41, 5.74) is 1.29. The van der Waals surface area contributed by atoms with Crippen molar-refractivity contribution in [1.29, 1.82) is 0 Å². The Kier molecular flexibility index (Phi) is 4.72. The molecule has 0 aliphatic carbocycles. The second-order valence-electron chi connectivity index (χ2n) is 6.19. The minimum absolute atomic E-state index is 0.145. The molecule has 0 bridgehead atoms. The van der Waals surface area contributed by atoms with Gasteiger partial charge in [0.05, 0.1) is 11.4 Å². The summed E-state index contributed by atoms with van der Waals surface area (Å²) in [6, 6.07) is 9.91. The van der Waals surface area contributed by atoms with E-state index >= 15 is 0 Å². The van der Waals surface area contributed by atoms with Gasteiger partial charge in [0.25, 0.3) is 10.0 Å². The molecule has 3 aromatic heterocycles. The molecule has 29 heavy (non-hydrogen) atoms. The molecule has 0 saturated heterocycles. The quantitative estimate of drug-likeness (QED) is 0.499. The monoisotopic (exact) mass is 411 g/mol. The SMILES string of the molecule is Cc1n[nH]c(C)c1S(=O)(=O)Nc1ccc(Oc2ccc(-n3ccnc3)nn2)cc1. The molecular weight excluding hydrogens is 394 g/mol. The van der Waals surface area contributed by atoms with Gasteiger partial charge in [-0.1, -0.05) is 0 Å². The largest absolute Gasteiger partial charge is 0.438 e. The zero-order chi connectivity index (χ0) is 20.4. The molecule has 4 rings (SSSR count). The number of aromatic amines is 1. The summed E-state index contributed by atoms with van der Waals surface area (Å²) in [5.74, 6) is 1.42. The van der Waals surface area contributed by atoms with E-state index in [0.29, 0.717) is 34.5 Å².